The van der Waals surface area contributed by atoms with Gasteiger partial charge in [-0.3, -0.25) is 29.7 Å². The summed E-state index contributed by atoms with van der Waals surface area (Å²) in [5.74, 6) is -0.260. The van der Waals surface area contributed by atoms with Gasteiger partial charge < -0.3 is 10.1 Å². The Morgan fingerprint density at radius 3 is 2.58 bits per heavy atom. The smallest absolute Gasteiger partial charge is 0.307 e. The van der Waals surface area contributed by atoms with Crippen molar-refractivity contribution < 1.29 is 19.4 Å². The van der Waals surface area contributed by atoms with Crippen molar-refractivity contribution in [1.29, 1.82) is 0 Å². The third kappa shape index (κ3) is 4.12. The second-order valence-corrected chi connectivity index (χ2v) is 5.22. The predicted molar refractivity (Wildman–Crippen MR) is 91.1 cm³/mol. The van der Waals surface area contributed by atoms with Crippen molar-refractivity contribution in [1.82, 2.24) is 9.78 Å². The molecule has 1 aromatic heterocycles. The molecule has 0 bridgehead atoms. The fourth-order valence-corrected chi connectivity index (χ4v) is 2.33. The number of ether oxygens (including phenoxy) is 1. The van der Waals surface area contributed by atoms with E-state index in [2.05, 4.69) is 10.4 Å². The van der Waals surface area contributed by atoms with E-state index >= 15 is 0 Å². The Kier molecular flexibility index (Phi) is 5.83. The summed E-state index contributed by atoms with van der Waals surface area (Å²) >= 11 is 0. The van der Waals surface area contributed by atoms with Gasteiger partial charge in [0.1, 0.15) is 29.9 Å². The average Bonchev–Trinajstić information content (AvgIpc) is 3.07. The number of carbonyl (C=O) groups excluding carboxylic acids is 1. The molecule has 1 heterocycles. The molecule has 2 rings (SSSR count). The maximum absolute atomic E-state index is 12.5. The molecule has 0 saturated heterocycles. The molecule has 26 heavy (non-hydrogen) atoms. The van der Waals surface area contributed by atoms with Crippen LogP contribution >= 0.6 is 0 Å². The summed E-state index contributed by atoms with van der Waals surface area (Å²) in [6.07, 6.45) is 2.46. The van der Waals surface area contributed by atoms with E-state index in [1.807, 2.05) is 0 Å². The number of amides is 1. The molecule has 0 spiro atoms. The molecule has 0 saturated carbocycles. The molecule has 1 atom stereocenters. The molecule has 1 amide bonds. The first kappa shape index (κ1) is 18.8. The molecule has 11 nitrogen and oxygen atoms in total. The van der Waals surface area contributed by atoms with Crippen molar-refractivity contribution >= 4 is 23.0 Å². The van der Waals surface area contributed by atoms with Crippen LogP contribution in [0.15, 0.2) is 30.6 Å². The van der Waals surface area contributed by atoms with Gasteiger partial charge in [-0.25, -0.2) is 0 Å². The van der Waals surface area contributed by atoms with Gasteiger partial charge in [0.05, 0.1) is 22.5 Å². The van der Waals surface area contributed by atoms with Crippen LogP contribution in [0.25, 0.3) is 0 Å². The van der Waals surface area contributed by atoms with Crippen molar-refractivity contribution in [3.8, 4) is 5.75 Å². The van der Waals surface area contributed by atoms with Crippen LogP contribution in [-0.4, -0.2) is 32.1 Å². The Bertz CT molecular complexity index is 834. The van der Waals surface area contributed by atoms with E-state index in [0.717, 1.165) is 17.1 Å². The summed E-state index contributed by atoms with van der Waals surface area (Å²) in [6, 6.07) is 3.25. The van der Waals surface area contributed by atoms with Gasteiger partial charge in [-0.2, -0.15) is 5.10 Å². The minimum absolute atomic E-state index is 0.00330. The van der Waals surface area contributed by atoms with Crippen LogP contribution in [0.4, 0.5) is 17.1 Å². The number of anilines is 1. The summed E-state index contributed by atoms with van der Waals surface area (Å²) in [6.45, 7) is 3.79. The van der Waals surface area contributed by atoms with Gasteiger partial charge in [-0.05, 0) is 25.5 Å². The van der Waals surface area contributed by atoms with Crippen LogP contribution in [-0.2, 0) is 4.79 Å². The van der Waals surface area contributed by atoms with E-state index in [1.54, 1.807) is 13.8 Å². The van der Waals surface area contributed by atoms with Crippen molar-refractivity contribution in [3.05, 3.63) is 50.8 Å². The maximum Gasteiger partial charge on any atom is 0.307 e. The van der Waals surface area contributed by atoms with Crippen LogP contribution in [0, 0.1) is 20.2 Å². The molecule has 11 heteroatoms. The van der Waals surface area contributed by atoms with E-state index in [-0.39, 0.29) is 23.5 Å². The quantitative estimate of drug-likeness (QED) is 0.561. The Morgan fingerprint density at radius 2 is 2.04 bits per heavy atom. The molecule has 0 fully saturated rings. The summed E-state index contributed by atoms with van der Waals surface area (Å²) in [7, 11) is 0. The lowest BCUT2D eigenvalue weighted by Gasteiger charge is -2.15. The topological polar surface area (TPSA) is 142 Å². The van der Waals surface area contributed by atoms with Crippen molar-refractivity contribution in [2.45, 2.75) is 26.3 Å². The molecule has 0 aliphatic heterocycles. The van der Waals surface area contributed by atoms with E-state index in [9.17, 15) is 25.0 Å². The number of nitrogens with one attached hydrogen (secondary N) is 1. The Morgan fingerprint density at radius 1 is 1.31 bits per heavy atom. The Balaban J connectivity index is 2.26. The number of carbonyl (C=O) groups is 1. The normalized spacial score (nSPS) is 11.6. The highest BCUT2D eigenvalue weighted by atomic mass is 16.6. The predicted octanol–water partition coefficient (Wildman–Crippen LogP) is 2.69. The lowest BCUT2D eigenvalue weighted by atomic mass is 10.2. The number of nitrogens with zero attached hydrogens (tertiary/aromatic N) is 4. The minimum atomic E-state index is -0.852. The monoisotopic (exact) mass is 363 g/mol. The third-order valence-electron chi connectivity index (χ3n) is 3.54. The first-order chi connectivity index (χ1) is 12.4. The van der Waals surface area contributed by atoms with Gasteiger partial charge in [0.25, 0.3) is 5.69 Å². The zero-order valence-electron chi connectivity index (χ0n) is 14.1. The van der Waals surface area contributed by atoms with E-state index < -0.39 is 21.8 Å². The average molecular weight is 363 g/mol. The molecular weight excluding hydrogens is 346 g/mol. The van der Waals surface area contributed by atoms with Crippen molar-refractivity contribution in [2.24, 2.45) is 0 Å². The summed E-state index contributed by atoms with van der Waals surface area (Å²) in [5, 5.41) is 28.3. The summed E-state index contributed by atoms with van der Waals surface area (Å²) in [5.41, 5.74) is -0.558. The fraction of sp³-hybridized carbons (Fsp3) is 0.333. The van der Waals surface area contributed by atoms with E-state index in [1.165, 1.54) is 18.2 Å². The number of aromatic nitrogens is 2. The zero-order valence-corrected chi connectivity index (χ0v) is 14.1. The number of hydrogen-bond acceptors (Lipinski definition) is 7. The van der Waals surface area contributed by atoms with Crippen LogP contribution in [0.5, 0.6) is 5.75 Å². The van der Waals surface area contributed by atoms with E-state index in [4.69, 9.17) is 4.74 Å². The minimum Gasteiger partial charge on any atom is -0.494 e. The highest BCUT2D eigenvalue weighted by Gasteiger charge is 2.25. The van der Waals surface area contributed by atoms with Gasteiger partial charge in [0.15, 0.2) is 0 Å². The molecule has 138 valence electrons. The van der Waals surface area contributed by atoms with Gasteiger partial charge in [-0.1, -0.05) is 6.92 Å². The van der Waals surface area contributed by atoms with E-state index in [0.29, 0.717) is 12.4 Å². The number of nitro benzene ring substituents is 1. The molecule has 2 aromatic rings. The van der Waals surface area contributed by atoms with Crippen molar-refractivity contribution in [2.75, 3.05) is 11.9 Å². The molecular formula is C15H17N5O6. The number of benzene rings is 1. The highest BCUT2D eigenvalue weighted by molar-refractivity contribution is 5.95. The number of hydrogen-bond donors (Lipinski definition) is 1. The molecule has 0 radical (unpaired) electrons. The second-order valence-electron chi connectivity index (χ2n) is 5.22. The van der Waals surface area contributed by atoms with Crippen molar-refractivity contribution in [3.63, 3.8) is 0 Å². The lowest BCUT2D eigenvalue weighted by Crippen LogP contribution is -2.26. The summed E-state index contributed by atoms with van der Waals surface area (Å²) < 4.78 is 6.39. The zero-order chi connectivity index (χ0) is 19.3. The number of nitro groups is 2. The standard InChI is InChI=1S/C15H17N5O6/c1-3-13(18-9-10(8-16-18)19(22)23)15(21)17-12-6-5-11(26-4-2)7-14(12)20(24)25/h5-9,13H,3-4H2,1-2H3,(H,17,21). The molecule has 0 aliphatic carbocycles. The van der Waals surface area contributed by atoms with Crippen LogP contribution in [0.1, 0.15) is 26.3 Å². The molecule has 1 N–H and O–H groups in total. The third-order valence-corrected chi connectivity index (χ3v) is 3.54. The Hall–Kier alpha value is -3.50. The van der Waals surface area contributed by atoms with Gasteiger partial charge >= 0.3 is 5.69 Å². The highest BCUT2D eigenvalue weighted by Crippen LogP contribution is 2.30. The van der Waals surface area contributed by atoms with Crippen LogP contribution < -0.4 is 10.1 Å². The first-order valence-corrected chi connectivity index (χ1v) is 7.78. The SMILES string of the molecule is CCOc1ccc(NC(=O)C(CC)n2cc([N+](=O)[O-])cn2)c([N+](=O)[O-])c1. The largest absolute Gasteiger partial charge is 0.494 e. The van der Waals surface area contributed by atoms with Crippen LogP contribution in [0.2, 0.25) is 0 Å². The second kappa shape index (κ2) is 8.05. The fourth-order valence-electron chi connectivity index (χ4n) is 2.33. The first-order valence-electron chi connectivity index (χ1n) is 7.78. The number of rotatable bonds is 8. The van der Waals surface area contributed by atoms with Gasteiger partial charge in [0, 0.05) is 0 Å². The molecule has 0 aliphatic rings. The van der Waals surface area contributed by atoms with Crippen LogP contribution in [0.3, 0.4) is 0 Å². The maximum atomic E-state index is 12.5. The van der Waals surface area contributed by atoms with Gasteiger partial charge in [-0.15, -0.1) is 0 Å². The lowest BCUT2D eigenvalue weighted by molar-refractivity contribution is -0.385. The molecule has 1 aromatic carbocycles. The molecule has 1 unspecified atom stereocenters. The Labute approximate surface area is 147 Å². The summed E-state index contributed by atoms with van der Waals surface area (Å²) in [4.78, 5) is 33.3. The van der Waals surface area contributed by atoms with Gasteiger partial charge in [0.2, 0.25) is 5.91 Å².